The van der Waals surface area contributed by atoms with Crippen LogP contribution in [0.3, 0.4) is 0 Å². The van der Waals surface area contributed by atoms with Gasteiger partial charge in [0.2, 0.25) is 0 Å². The third-order valence-electron chi connectivity index (χ3n) is 3.98. The van der Waals surface area contributed by atoms with Crippen LogP contribution in [0.5, 0.6) is 0 Å². The first-order chi connectivity index (χ1) is 9.69. The van der Waals surface area contributed by atoms with E-state index in [1.165, 1.54) is 11.1 Å². The number of hydrogen-bond acceptors (Lipinski definition) is 3. The first-order valence-electron chi connectivity index (χ1n) is 7.15. The van der Waals surface area contributed by atoms with Gasteiger partial charge in [-0.15, -0.1) is 0 Å². The van der Waals surface area contributed by atoms with E-state index in [4.69, 9.17) is 16.1 Å². The smallest absolute Gasteiger partial charge is 0.147 e. The SMILES string of the molecule is CCNc1conc1C1CC(C)Cc2cc(Cl)ccc21. The van der Waals surface area contributed by atoms with Gasteiger partial charge in [0.25, 0.3) is 0 Å². The summed E-state index contributed by atoms with van der Waals surface area (Å²) in [5, 5.41) is 8.38. The second-order valence-electron chi connectivity index (χ2n) is 5.58. The molecule has 2 unspecified atom stereocenters. The summed E-state index contributed by atoms with van der Waals surface area (Å²) in [6.07, 6.45) is 3.88. The van der Waals surface area contributed by atoms with E-state index in [0.29, 0.717) is 11.8 Å². The minimum Gasteiger partial charge on any atom is -0.381 e. The van der Waals surface area contributed by atoms with E-state index >= 15 is 0 Å². The highest BCUT2D eigenvalue weighted by Gasteiger charge is 2.29. The van der Waals surface area contributed by atoms with E-state index < -0.39 is 0 Å². The van der Waals surface area contributed by atoms with Gasteiger partial charge < -0.3 is 9.84 Å². The third kappa shape index (κ3) is 2.42. The summed E-state index contributed by atoms with van der Waals surface area (Å²) >= 11 is 6.13. The molecule has 0 saturated heterocycles. The summed E-state index contributed by atoms with van der Waals surface area (Å²) in [6, 6.07) is 6.20. The Morgan fingerprint density at radius 3 is 3.10 bits per heavy atom. The molecule has 0 amide bonds. The zero-order valence-electron chi connectivity index (χ0n) is 11.8. The number of rotatable bonds is 3. The van der Waals surface area contributed by atoms with Gasteiger partial charge in [-0.05, 0) is 48.9 Å². The average molecular weight is 291 g/mol. The Kier molecular flexibility index (Phi) is 3.70. The minimum absolute atomic E-state index is 0.291. The fourth-order valence-electron chi connectivity index (χ4n) is 3.16. The predicted octanol–water partition coefficient (Wildman–Crippen LogP) is 4.47. The van der Waals surface area contributed by atoms with Gasteiger partial charge in [0.05, 0.1) is 5.69 Å². The highest BCUT2D eigenvalue weighted by Crippen LogP contribution is 2.41. The lowest BCUT2D eigenvalue weighted by Gasteiger charge is -2.29. The Morgan fingerprint density at radius 1 is 1.45 bits per heavy atom. The van der Waals surface area contributed by atoms with E-state index in [-0.39, 0.29) is 0 Å². The van der Waals surface area contributed by atoms with Crippen LogP contribution >= 0.6 is 11.6 Å². The molecule has 1 heterocycles. The summed E-state index contributed by atoms with van der Waals surface area (Å²) in [6.45, 7) is 5.22. The molecular formula is C16H19ClN2O. The summed E-state index contributed by atoms with van der Waals surface area (Å²) in [7, 11) is 0. The van der Waals surface area contributed by atoms with Crippen LogP contribution in [0.2, 0.25) is 5.02 Å². The molecule has 0 bridgehead atoms. The fraction of sp³-hybridized carbons (Fsp3) is 0.438. The first kappa shape index (κ1) is 13.5. The Morgan fingerprint density at radius 2 is 2.30 bits per heavy atom. The molecule has 106 valence electrons. The maximum atomic E-state index is 6.13. The molecule has 3 rings (SSSR count). The number of nitrogens with one attached hydrogen (secondary N) is 1. The van der Waals surface area contributed by atoms with Gasteiger partial charge in [0.15, 0.2) is 0 Å². The Labute approximate surface area is 124 Å². The second-order valence-corrected chi connectivity index (χ2v) is 6.02. The molecule has 1 aromatic carbocycles. The predicted molar refractivity (Wildman–Crippen MR) is 81.4 cm³/mol. The summed E-state index contributed by atoms with van der Waals surface area (Å²) < 4.78 is 5.19. The van der Waals surface area contributed by atoms with E-state index in [1.54, 1.807) is 6.26 Å². The molecule has 3 nitrogen and oxygen atoms in total. The zero-order chi connectivity index (χ0) is 14.1. The molecule has 0 spiro atoms. The van der Waals surface area contributed by atoms with E-state index in [9.17, 15) is 0 Å². The number of hydrogen-bond donors (Lipinski definition) is 1. The lowest BCUT2D eigenvalue weighted by atomic mass is 9.76. The normalized spacial score (nSPS) is 21.6. The maximum absolute atomic E-state index is 6.13. The fourth-order valence-corrected chi connectivity index (χ4v) is 3.35. The van der Waals surface area contributed by atoms with Crippen LogP contribution in [0.15, 0.2) is 29.0 Å². The lowest BCUT2D eigenvalue weighted by Crippen LogP contribution is -2.18. The number of nitrogens with zero attached hydrogens (tertiary/aromatic N) is 1. The Hall–Kier alpha value is -1.48. The Bertz CT molecular complexity index is 608. The topological polar surface area (TPSA) is 38.1 Å². The zero-order valence-corrected chi connectivity index (χ0v) is 12.6. The molecular weight excluding hydrogens is 272 g/mol. The molecule has 0 aliphatic heterocycles. The number of fused-ring (bicyclic) bond motifs is 1. The van der Waals surface area contributed by atoms with Crippen molar-refractivity contribution in [1.82, 2.24) is 5.16 Å². The van der Waals surface area contributed by atoms with Crippen molar-refractivity contribution in [3.05, 3.63) is 46.3 Å². The van der Waals surface area contributed by atoms with Crippen LogP contribution in [-0.2, 0) is 6.42 Å². The summed E-state index contributed by atoms with van der Waals surface area (Å²) in [4.78, 5) is 0. The molecule has 2 atom stereocenters. The molecule has 1 N–H and O–H groups in total. The number of benzene rings is 1. The molecule has 0 fully saturated rings. The first-order valence-corrected chi connectivity index (χ1v) is 7.53. The van der Waals surface area contributed by atoms with Crippen LogP contribution in [0.1, 0.15) is 43.0 Å². The molecule has 4 heteroatoms. The van der Waals surface area contributed by atoms with Crippen molar-refractivity contribution in [2.24, 2.45) is 5.92 Å². The van der Waals surface area contributed by atoms with Crippen molar-refractivity contribution >= 4 is 17.3 Å². The van der Waals surface area contributed by atoms with Crippen LogP contribution in [0.25, 0.3) is 0 Å². The van der Waals surface area contributed by atoms with Gasteiger partial charge in [0.1, 0.15) is 12.0 Å². The van der Waals surface area contributed by atoms with Crippen molar-refractivity contribution in [1.29, 1.82) is 0 Å². The standard InChI is InChI=1S/C16H19ClN2O/c1-3-18-15-9-20-19-16(15)14-7-10(2)6-11-8-12(17)4-5-13(11)14/h4-5,8-10,14,18H,3,6-7H2,1-2H3. The molecule has 0 radical (unpaired) electrons. The third-order valence-corrected chi connectivity index (χ3v) is 4.22. The van der Waals surface area contributed by atoms with Crippen LogP contribution in [-0.4, -0.2) is 11.7 Å². The highest BCUT2D eigenvalue weighted by atomic mass is 35.5. The van der Waals surface area contributed by atoms with Crippen molar-refractivity contribution in [3.8, 4) is 0 Å². The van der Waals surface area contributed by atoms with Gasteiger partial charge in [-0.3, -0.25) is 0 Å². The summed E-state index contributed by atoms with van der Waals surface area (Å²) in [5.41, 5.74) is 4.70. The van der Waals surface area contributed by atoms with Gasteiger partial charge in [-0.25, -0.2) is 0 Å². The Balaban J connectivity index is 2.04. The molecule has 1 aliphatic carbocycles. The lowest BCUT2D eigenvalue weighted by molar-refractivity contribution is 0.393. The van der Waals surface area contributed by atoms with Crippen molar-refractivity contribution < 1.29 is 4.52 Å². The molecule has 1 aliphatic rings. The van der Waals surface area contributed by atoms with Gasteiger partial charge in [-0.2, -0.15) is 0 Å². The van der Waals surface area contributed by atoms with Crippen LogP contribution < -0.4 is 5.32 Å². The maximum Gasteiger partial charge on any atom is 0.147 e. The molecule has 20 heavy (non-hydrogen) atoms. The second kappa shape index (κ2) is 5.49. The van der Waals surface area contributed by atoms with E-state index in [0.717, 1.165) is 35.8 Å². The summed E-state index contributed by atoms with van der Waals surface area (Å²) in [5.74, 6) is 0.913. The monoisotopic (exact) mass is 290 g/mol. The number of aromatic nitrogens is 1. The largest absolute Gasteiger partial charge is 0.381 e. The number of halogens is 1. The van der Waals surface area contributed by atoms with E-state index in [1.807, 2.05) is 6.07 Å². The quantitative estimate of drug-likeness (QED) is 0.906. The van der Waals surface area contributed by atoms with Gasteiger partial charge in [-0.1, -0.05) is 29.7 Å². The number of anilines is 1. The van der Waals surface area contributed by atoms with Crippen molar-refractivity contribution in [3.63, 3.8) is 0 Å². The molecule has 0 saturated carbocycles. The highest BCUT2D eigenvalue weighted by molar-refractivity contribution is 6.30. The van der Waals surface area contributed by atoms with Crippen molar-refractivity contribution in [2.45, 2.75) is 32.6 Å². The van der Waals surface area contributed by atoms with Crippen LogP contribution in [0, 0.1) is 5.92 Å². The van der Waals surface area contributed by atoms with Gasteiger partial charge >= 0.3 is 0 Å². The van der Waals surface area contributed by atoms with Gasteiger partial charge in [0, 0.05) is 17.5 Å². The molecule has 2 aromatic rings. The van der Waals surface area contributed by atoms with Crippen LogP contribution in [0.4, 0.5) is 5.69 Å². The van der Waals surface area contributed by atoms with E-state index in [2.05, 4.69) is 36.5 Å². The van der Waals surface area contributed by atoms with Crippen molar-refractivity contribution in [2.75, 3.05) is 11.9 Å². The average Bonchev–Trinajstić information content (AvgIpc) is 2.85. The molecule has 1 aromatic heterocycles. The minimum atomic E-state index is 0.291.